The van der Waals surface area contributed by atoms with Gasteiger partial charge in [-0.3, -0.25) is 4.68 Å². The number of hydrogen-bond acceptors (Lipinski definition) is 2. The summed E-state index contributed by atoms with van der Waals surface area (Å²) < 4.78 is 2.02. The molecule has 0 aliphatic heterocycles. The highest BCUT2D eigenvalue weighted by Crippen LogP contribution is 2.29. The average molecular weight is 371 g/mol. The van der Waals surface area contributed by atoms with Crippen molar-refractivity contribution >= 4 is 27.5 Å². The van der Waals surface area contributed by atoms with Crippen LogP contribution in [0.5, 0.6) is 0 Å². The third-order valence-electron chi connectivity index (χ3n) is 3.45. The van der Waals surface area contributed by atoms with Gasteiger partial charge in [-0.05, 0) is 32.5 Å². The highest BCUT2D eigenvalue weighted by molar-refractivity contribution is 9.09. The number of halogens is 2. The van der Waals surface area contributed by atoms with Crippen LogP contribution in [0.4, 0.5) is 0 Å². The molecule has 0 amide bonds. The van der Waals surface area contributed by atoms with Crippen molar-refractivity contribution < 1.29 is 0 Å². The summed E-state index contributed by atoms with van der Waals surface area (Å²) in [5, 5.41) is 5.15. The van der Waals surface area contributed by atoms with Crippen molar-refractivity contribution in [2.75, 3.05) is 20.6 Å². The van der Waals surface area contributed by atoms with E-state index in [1.54, 1.807) is 6.20 Å². The maximum Gasteiger partial charge on any atom is 0.0817 e. The third-order valence-corrected chi connectivity index (χ3v) is 4.75. The first kappa shape index (κ1) is 16.5. The summed E-state index contributed by atoms with van der Waals surface area (Å²) in [6.07, 6.45) is 3.66. The first-order chi connectivity index (χ1) is 10.1. The minimum absolute atomic E-state index is 0.340. The van der Waals surface area contributed by atoms with Gasteiger partial charge in [-0.25, -0.2) is 0 Å². The second-order valence-electron chi connectivity index (χ2n) is 5.38. The van der Waals surface area contributed by atoms with Gasteiger partial charge >= 0.3 is 0 Å². The van der Waals surface area contributed by atoms with Crippen LogP contribution >= 0.6 is 27.5 Å². The zero-order chi connectivity index (χ0) is 15.2. The fourth-order valence-corrected chi connectivity index (χ4v) is 2.99. The first-order valence-corrected chi connectivity index (χ1v) is 8.41. The van der Waals surface area contributed by atoms with E-state index >= 15 is 0 Å². The molecule has 0 radical (unpaired) electrons. The predicted molar refractivity (Wildman–Crippen MR) is 92.2 cm³/mol. The van der Waals surface area contributed by atoms with E-state index in [1.165, 1.54) is 5.56 Å². The van der Waals surface area contributed by atoms with Crippen molar-refractivity contribution in [3.8, 4) is 0 Å². The summed E-state index contributed by atoms with van der Waals surface area (Å²) in [6, 6.07) is 10.5. The zero-order valence-corrected chi connectivity index (χ0v) is 14.8. The van der Waals surface area contributed by atoms with E-state index < -0.39 is 0 Å². The van der Waals surface area contributed by atoms with Crippen molar-refractivity contribution in [3.05, 3.63) is 52.8 Å². The van der Waals surface area contributed by atoms with Gasteiger partial charge < -0.3 is 4.90 Å². The Balaban J connectivity index is 1.98. The molecule has 1 heterocycles. The van der Waals surface area contributed by atoms with Gasteiger partial charge in [0, 0.05) is 11.4 Å². The van der Waals surface area contributed by atoms with Gasteiger partial charge in [0.15, 0.2) is 0 Å². The summed E-state index contributed by atoms with van der Waals surface area (Å²) in [4.78, 5) is 2.49. The van der Waals surface area contributed by atoms with Crippen molar-refractivity contribution in [2.45, 2.75) is 24.2 Å². The van der Waals surface area contributed by atoms with E-state index in [0.717, 1.165) is 36.6 Å². The van der Waals surface area contributed by atoms with Gasteiger partial charge in [-0.1, -0.05) is 57.9 Å². The molecule has 0 aliphatic rings. The molecular weight excluding hydrogens is 350 g/mol. The van der Waals surface area contributed by atoms with E-state index in [1.807, 2.05) is 10.7 Å². The highest BCUT2D eigenvalue weighted by atomic mass is 79.9. The maximum absolute atomic E-state index is 6.28. The van der Waals surface area contributed by atoms with Crippen LogP contribution in [0.25, 0.3) is 0 Å². The molecule has 0 aliphatic carbocycles. The number of benzene rings is 1. The van der Waals surface area contributed by atoms with E-state index in [-0.39, 0.29) is 0 Å². The third kappa shape index (κ3) is 4.83. The lowest BCUT2D eigenvalue weighted by molar-refractivity contribution is 0.369. The number of alkyl halides is 1. The van der Waals surface area contributed by atoms with Crippen molar-refractivity contribution in [1.29, 1.82) is 0 Å². The Labute approximate surface area is 140 Å². The van der Waals surface area contributed by atoms with Crippen LogP contribution in [-0.4, -0.2) is 35.3 Å². The molecule has 1 unspecified atom stereocenters. The molecule has 2 rings (SSSR count). The lowest BCUT2D eigenvalue weighted by Gasteiger charge is -2.14. The zero-order valence-electron chi connectivity index (χ0n) is 12.5. The second kappa shape index (κ2) is 7.97. The van der Waals surface area contributed by atoms with Gasteiger partial charge in [0.1, 0.15) is 0 Å². The quantitative estimate of drug-likeness (QED) is 0.682. The lowest BCUT2D eigenvalue weighted by Crippen LogP contribution is -2.20. The molecule has 5 heteroatoms. The van der Waals surface area contributed by atoms with Crippen molar-refractivity contribution in [1.82, 2.24) is 14.7 Å². The second-order valence-corrected chi connectivity index (χ2v) is 6.90. The molecule has 3 nitrogen and oxygen atoms in total. The average Bonchev–Trinajstić information content (AvgIpc) is 2.84. The Hall–Kier alpha value is -0.840. The monoisotopic (exact) mass is 369 g/mol. The molecule has 0 saturated carbocycles. The molecular formula is C16H21BrClN3. The minimum Gasteiger partial charge on any atom is -0.308 e. The molecule has 114 valence electrons. The lowest BCUT2D eigenvalue weighted by atomic mass is 10.1. The van der Waals surface area contributed by atoms with Crippen molar-refractivity contribution in [3.63, 3.8) is 0 Å². The Morgan fingerprint density at radius 2 is 2.00 bits per heavy atom. The normalized spacial score (nSPS) is 12.8. The summed E-state index contributed by atoms with van der Waals surface area (Å²) in [7, 11) is 4.13. The number of nitrogens with zero attached hydrogens (tertiary/aromatic N) is 3. The largest absolute Gasteiger partial charge is 0.308 e. The molecule has 0 bridgehead atoms. The number of hydrogen-bond donors (Lipinski definition) is 0. The molecule has 0 fully saturated rings. The minimum atomic E-state index is 0.340. The molecule has 2 aromatic rings. The van der Waals surface area contributed by atoms with Gasteiger partial charge in [0.25, 0.3) is 0 Å². The SMILES string of the molecule is CN(C)CCn1ncc(Cl)c1CCC(Br)c1ccccc1. The van der Waals surface area contributed by atoms with Gasteiger partial charge in [0.05, 0.1) is 23.5 Å². The summed E-state index contributed by atoms with van der Waals surface area (Å²) in [5.41, 5.74) is 2.42. The Morgan fingerprint density at radius 1 is 1.29 bits per heavy atom. The van der Waals surface area contributed by atoms with Crippen LogP contribution < -0.4 is 0 Å². The van der Waals surface area contributed by atoms with Crippen LogP contribution in [0.1, 0.15) is 22.5 Å². The molecule has 0 saturated heterocycles. The summed E-state index contributed by atoms with van der Waals surface area (Å²) >= 11 is 10.0. The fourth-order valence-electron chi connectivity index (χ4n) is 2.22. The molecule has 1 aromatic heterocycles. The predicted octanol–water partition coefficient (Wildman–Crippen LogP) is 4.17. The molecule has 1 aromatic carbocycles. The van der Waals surface area contributed by atoms with Gasteiger partial charge in [-0.2, -0.15) is 5.10 Å². The van der Waals surface area contributed by atoms with Gasteiger partial charge in [0.2, 0.25) is 0 Å². The number of aromatic nitrogens is 2. The highest BCUT2D eigenvalue weighted by Gasteiger charge is 2.13. The van der Waals surface area contributed by atoms with Gasteiger partial charge in [-0.15, -0.1) is 0 Å². The fraction of sp³-hybridized carbons (Fsp3) is 0.438. The molecule has 0 N–H and O–H groups in total. The van der Waals surface area contributed by atoms with Crippen LogP contribution in [0.15, 0.2) is 36.5 Å². The molecule has 0 spiro atoms. The smallest absolute Gasteiger partial charge is 0.0817 e. The van der Waals surface area contributed by atoms with E-state index in [9.17, 15) is 0 Å². The maximum atomic E-state index is 6.28. The van der Waals surface area contributed by atoms with Crippen LogP contribution in [-0.2, 0) is 13.0 Å². The van der Waals surface area contributed by atoms with Crippen LogP contribution in [0.3, 0.4) is 0 Å². The summed E-state index contributed by atoms with van der Waals surface area (Å²) in [5.74, 6) is 0. The number of likely N-dealkylation sites (N-methyl/N-ethyl adjacent to an activating group) is 1. The summed E-state index contributed by atoms with van der Waals surface area (Å²) in [6.45, 7) is 1.83. The Morgan fingerprint density at radius 3 is 2.67 bits per heavy atom. The standard InChI is InChI=1S/C16H21BrClN3/c1-20(2)10-11-21-16(15(18)12-19-21)9-8-14(17)13-6-4-3-5-7-13/h3-7,12,14H,8-11H2,1-2H3. The first-order valence-electron chi connectivity index (χ1n) is 7.12. The Kier molecular flexibility index (Phi) is 6.27. The van der Waals surface area contributed by atoms with E-state index in [2.05, 4.69) is 64.3 Å². The van der Waals surface area contributed by atoms with Crippen LogP contribution in [0, 0.1) is 0 Å². The number of rotatable bonds is 7. The van der Waals surface area contributed by atoms with Crippen LogP contribution in [0.2, 0.25) is 5.02 Å². The van der Waals surface area contributed by atoms with E-state index in [0.29, 0.717) is 4.83 Å². The topological polar surface area (TPSA) is 21.1 Å². The van der Waals surface area contributed by atoms with Crippen molar-refractivity contribution in [2.24, 2.45) is 0 Å². The molecule has 21 heavy (non-hydrogen) atoms. The van der Waals surface area contributed by atoms with E-state index in [4.69, 9.17) is 11.6 Å². The Bertz CT molecular complexity index is 554. The molecule has 1 atom stereocenters.